The Morgan fingerprint density at radius 2 is 1.87 bits per heavy atom. The number of hydrogen-bond acceptors (Lipinski definition) is 4. The smallest absolute Gasteiger partial charge is 0.130 e. The van der Waals surface area contributed by atoms with E-state index in [1.54, 1.807) is 20.5 Å². The van der Waals surface area contributed by atoms with E-state index in [-0.39, 0.29) is 0 Å². The van der Waals surface area contributed by atoms with Crippen molar-refractivity contribution < 1.29 is 9.47 Å². The molecule has 5 heteroatoms. The summed E-state index contributed by atoms with van der Waals surface area (Å²) in [6.07, 6.45) is 5.35. The predicted molar refractivity (Wildman–Crippen MR) is 89.9 cm³/mol. The number of rotatable bonds is 3. The van der Waals surface area contributed by atoms with Gasteiger partial charge in [0.05, 0.1) is 26.1 Å². The fourth-order valence-electron chi connectivity index (χ4n) is 2.91. The second-order valence-corrected chi connectivity index (χ2v) is 5.21. The Bertz CT molecular complexity index is 1010. The van der Waals surface area contributed by atoms with Crippen LogP contribution < -0.4 is 9.47 Å². The fourth-order valence-corrected chi connectivity index (χ4v) is 2.91. The molecule has 0 radical (unpaired) electrons. The van der Waals surface area contributed by atoms with E-state index in [1.165, 1.54) is 0 Å². The minimum Gasteiger partial charge on any atom is -0.497 e. The molecule has 0 aliphatic rings. The minimum absolute atomic E-state index is 0.752. The molecule has 2 heterocycles. The Morgan fingerprint density at radius 1 is 0.957 bits per heavy atom. The maximum absolute atomic E-state index is 5.55. The van der Waals surface area contributed by atoms with Crippen LogP contribution in [-0.2, 0) is 0 Å². The van der Waals surface area contributed by atoms with Crippen LogP contribution in [0.5, 0.6) is 11.5 Å². The van der Waals surface area contributed by atoms with Gasteiger partial charge in [0.15, 0.2) is 0 Å². The summed E-state index contributed by atoms with van der Waals surface area (Å²) in [7, 11) is 3.30. The molecule has 0 unspecified atom stereocenters. The maximum Gasteiger partial charge on any atom is 0.130 e. The quantitative estimate of drug-likeness (QED) is 0.625. The van der Waals surface area contributed by atoms with Crippen LogP contribution in [0.3, 0.4) is 0 Å². The van der Waals surface area contributed by atoms with Gasteiger partial charge in [0.2, 0.25) is 0 Å². The number of nitrogens with zero attached hydrogens (tertiary/aromatic N) is 2. The standard InChI is InChI=1S/C18H15N3O2/c1-22-11-3-4-12(17(7-11)23-2)14-8-16-15(9-19-10-21-16)13-5-6-20-18(13)14/h3-10H,1-2H3,(H,19,21). The van der Waals surface area contributed by atoms with E-state index in [1.807, 2.05) is 36.7 Å². The molecule has 2 aromatic heterocycles. The van der Waals surface area contributed by atoms with Gasteiger partial charge in [-0.2, -0.15) is 0 Å². The first kappa shape index (κ1) is 13.6. The maximum atomic E-state index is 5.55. The van der Waals surface area contributed by atoms with Crippen molar-refractivity contribution in [2.45, 2.75) is 0 Å². The average molecular weight is 305 g/mol. The molecule has 0 fully saturated rings. The van der Waals surface area contributed by atoms with E-state index in [0.717, 1.165) is 44.4 Å². The van der Waals surface area contributed by atoms with Crippen LogP contribution in [0, 0.1) is 0 Å². The number of benzene rings is 2. The zero-order valence-electron chi connectivity index (χ0n) is 12.8. The van der Waals surface area contributed by atoms with Crippen molar-refractivity contribution in [1.29, 1.82) is 0 Å². The highest BCUT2D eigenvalue weighted by Gasteiger charge is 2.14. The van der Waals surface area contributed by atoms with Gasteiger partial charge in [0, 0.05) is 45.9 Å². The van der Waals surface area contributed by atoms with Crippen LogP contribution in [0.1, 0.15) is 0 Å². The van der Waals surface area contributed by atoms with Gasteiger partial charge in [-0.3, -0.25) is 4.98 Å². The first-order chi connectivity index (χ1) is 11.3. The molecule has 0 aliphatic heterocycles. The lowest BCUT2D eigenvalue weighted by Gasteiger charge is -2.12. The summed E-state index contributed by atoms with van der Waals surface area (Å²) >= 11 is 0. The van der Waals surface area contributed by atoms with Crippen LogP contribution in [0.15, 0.2) is 49.1 Å². The molecule has 0 amide bonds. The Morgan fingerprint density at radius 3 is 2.70 bits per heavy atom. The molecule has 114 valence electrons. The minimum atomic E-state index is 0.752. The molecule has 0 atom stereocenters. The van der Waals surface area contributed by atoms with E-state index in [0.29, 0.717) is 0 Å². The summed E-state index contributed by atoms with van der Waals surface area (Å²) in [5.74, 6) is 1.51. The van der Waals surface area contributed by atoms with Crippen molar-refractivity contribution in [1.82, 2.24) is 15.0 Å². The molecule has 0 saturated carbocycles. The van der Waals surface area contributed by atoms with Crippen LogP contribution in [0.4, 0.5) is 0 Å². The van der Waals surface area contributed by atoms with Crippen molar-refractivity contribution in [2.24, 2.45) is 0 Å². The highest BCUT2D eigenvalue weighted by molar-refractivity contribution is 6.11. The summed E-state index contributed by atoms with van der Waals surface area (Å²) in [4.78, 5) is 11.9. The zero-order chi connectivity index (χ0) is 15.8. The second kappa shape index (κ2) is 5.28. The largest absolute Gasteiger partial charge is 0.497 e. The number of aromatic nitrogens is 3. The van der Waals surface area contributed by atoms with Gasteiger partial charge in [-0.05, 0) is 24.3 Å². The summed E-state index contributed by atoms with van der Waals surface area (Å²) in [6.45, 7) is 0. The Labute approximate surface area is 132 Å². The van der Waals surface area contributed by atoms with E-state index in [2.05, 4.69) is 21.0 Å². The van der Waals surface area contributed by atoms with Crippen molar-refractivity contribution >= 4 is 21.8 Å². The first-order valence-corrected chi connectivity index (χ1v) is 7.24. The van der Waals surface area contributed by atoms with Crippen LogP contribution in [0.25, 0.3) is 32.9 Å². The molecule has 23 heavy (non-hydrogen) atoms. The summed E-state index contributed by atoms with van der Waals surface area (Å²) in [6, 6.07) is 9.88. The molecule has 0 spiro atoms. The van der Waals surface area contributed by atoms with Gasteiger partial charge in [0.25, 0.3) is 0 Å². The third-order valence-corrected chi connectivity index (χ3v) is 4.02. The monoisotopic (exact) mass is 305 g/mol. The number of nitrogens with one attached hydrogen (secondary N) is 1. The number of fused-ring (bicyclic) bond motifs is 3. The number of H-pyrrole nitrogens is 1. The SMILES string of the molecule is COc1ccc(-c2cc3[nH]cncc3c3ccnc23)c(OC)c1. The average Bonchev–Trinajstić information content (AvgIpc) is 3.10. The molecule has 0 bridgehead atoms. The van der Waals surface area contributed by atoms with Gasteiger partial charge in [-0.15, -0.1) is 0 Å². The highest BCUT2D eigenvalue weighted by atomic mass is 16.5. The van der Waals surface area contributed by atoms with Crippen molar-refractivity contribution in [3.8, 4) is 22.6 Å². The Balaban J connectivity index is 2.06. The summed E-state index contributed by atoms with van der Waals surface area (Å²) in [5, 5.41) is 2.12. The van der Waals surface area contributed by atoms with Crippen molar-refractivity contribution in [3.63, 3.8) is 0 Å². The van der Waals surface area contributed by atoms with E-state index in [4.69, 9.17) is 9.47 Å². The number of methoxy groups -OCH3 is 2. The number of ether oxygens (including phenoxy) is 2. The van der Waals surface area contributed by atoms with Gasteiger partial charge in [-0.1, -0.05) is 0 Å². The lowest BCUT2D eigenvalue weighted by Crippen LogP contribution is -1.92. The molecule has 4 rings (SSSR count). The molecule has 5 nitrogen and oxygen atoms in total. The third-order valence-electron chi connectivity index (χ3n) is 4.02. The normalized spacial score (nSPS) is 11.0. The van der Waals surface area contributed by atoms with Gasteiger partial charge in [0.1, 0.15) is 11.5 Å². The Hall–Kier alpha value is -3.08. The lowest BCUT2D eigenvalue weighted by molar-refractivity contribution is 0.395. The molecule has 4 aromatic rings. The van der Waals surface area contributed by atoms with Crippen molar-refractivity contribution in [2.75, 3.05) is 14.2 Å². The molecule has 0 saturated heterocycles. The number of hydrogen-bond donors (Lipinski definition) is 1. The van der Waals surface area contributed by atoms with E-state index in [9.17, 15) is 0 Å². The van der Waals surface area contributed by atoms with Crippen LogP contribution in [-0.4, -0.2) is 29.2 Å². The zero-order valence-corrected chi connectivity index (χ0v) is 12.8. The first-order valence-electron chi connectivity index (χ1n) is 7.24. The summed E-state index contributed by atoms with van der Waals surface area (Å²) in [5.41, 5.74) is 3.93. The van der Waals surface area contributed by atoms with Crippen molar-refractivity contribution in [3.05, 3.63) is 49.1 Å². The lowest BCUT2D eigenvalue weighted by atomic mass is 9.99. The molecular weight excluding hydrogens is 290 g/mol. The fraction of sp³-hybridized carbons (Fsp3) is 0.111. The molecule has 2 aromatic carbocycles. The van der Waals surface area contributed by atoms with Crippen LogP contribution >= 0.6 is 0 Å². The highest BCUT2D eigenvalue weighted by Crippen LogP contribution is 2.39. The number of aromatic amines is 1. The molecule has 1 N–H and O–H groups in total. The second-order valence-electron chi connectivity index (χ2n) is 5.21. The van der Waals surface area contributed by atoms with Gasteiger partial charge < -0.3 is 14.5 Å². The third kappa shape index (κ3) is 2.09. The topological polar surface area (TPSA) is 60.0 Å². The van der Waals surface area contributed by atoms with E-state index < -0.39 is 0 Å². The van der Waals surface area contributed by atoms with E-state index >= 15 is 0 Å². The molecule has 0 aliphatic carbocycles. The summed E-state index contributed by atoms with van der Waals surface area (Å²) < 4.78 is 10.8. The molecular formula is C18H15N3O2. The predicted octanol–water partition coefficient (Wildman–Crippen LogP) is 3.80. The Kier molecular flexibility index (Phi) is 3.12. The van der Waals surface area contributed by atoms with Crippen LogP contribution in [0.2, 0.25) is 0 Å². The van der Waals surface area contributed by atoms with Gasteiger partial charge in [-0.25, -0.2) is 4.98 Å². The van der Waals surface area contributed by atoms with Gasteiger partial charge >= 0.3 is 0 Å².